The van der Waals surface area contributed by atoms with Crippen molar-refractivity contribution in [2.75, 3.05) is 13.2 Å². The van der Waals surface area contributed by atoms with Crippen LogP contribution in [0.4, 0.5) is 0 Å². The lowest BCUT2D eigenvalue weighted by Gasteiger charge is -2.14. The maximum Gasteiger partial charge on any atom is 0.273 e. The van der Waals surface area contributed by atoms with Crippen molar-refractivity contribution in [2.24, 2.45) is 11.1 Å². The van der Waals surface area contributed by atoms with Crippen LogP contribution in [0.5, 0.6) is 0 Å². The van der Waals surface area contributed by atoms with Crippen molar-refractivity contribution in [3.63, 3.8) is 0 Å². The summed E-state index contributed by atoms with van der Waals surface area (Å²) in [6, 6.07) is 0. The summed E-state index contributed by atoms with van der Waals surface area (Å²) < 4.78 is 28.3. The molecular formula is C11H18N4O4S. The first kappa shape index (κ1) is 14.9. The molecule has 20 heavy (non-hydrogen) atoms. The van der Waals surface area contributed by atoms with Gasteiger partial charge >= 0.3 is 0 Å². The predicted molar refractivity (Wildman–Crippen MR) is 70.6 cm³/mol. The number of aromatic amines is 1. The van der Waals surface area contributed by atoms with E-state index < -0.39 is 15.9 Å². The molecule has 0 aliphatic carbocycles. The zero-order valence-electron chi connectivity index (χ0n) is 11.3. The number of nitrogens with zero attached hydrogens (tertiary/aromatic N) is 1. The minimum Gasteiger partial charge on any atom is -0.378 e. The standard InChI is InChI=1S/C11H18N4O4S/c1-6-10(20(12,17)18)9(15-14-6)11(16)13-5-8-3-4-19-7(8)2/h7-8H,3-5H2,1-2H3,(H,13,16)(H,14,15)(H2,12,17,18). The maximum absolute atomic E-state index is 12.0. The van der Waals surface area contributed by atoms with E-state index in [-0.39, 0.29) is 28.3 Å². The second-order valence-electron chi connectivity index (χ2n) is 4.91. The van der Waals surface area contributed by atoms with E-state index in [1.54, 1.807) is 0 Å². The molecule has 112 valence electrons. The Hall–Kier alpha value is -1.45. The molecule has 0 radical (unpaired) electrons. The van der Waals surface area contributed by atoms with E-state index in [9.17, 15) is 13.2 Å². The number of nitrogens with one attached hydrogen (secondary N) is 2. The molecule has 1 saturated heterocycles. The number of rotatable bonds is 4. The van der Waals surface area contributed by atoms with Gasteiger partial charge in [-0.25, -0.2) is 13.6 Å². The summed E-state index contributed by atoms with van der Waals surface area (Å²) in [7, 11) is -3.99. The number of nitrogens with two attached hydrogens (primary N) is 1. The average molecular weight is 302 g/mol. The molecule has 8 nitrogen and oxygen atoms in total. The van der Waals surface area contributed by atoms with Gasteiger partial charge in [-0.15, -0.1) is 0 Å². The Bertz CT molecular complexity index is 610. The first-order valence-electron chi connectivity index (χ1n) is 6.28. The second-order valence-corrected chi connectivity index (χ2v) is 6.40. The highest BCUT2D eigenvalue weighted by atomic mass is 32.2. The van der Waals surface area contributed by atoms with E-state index >= 15 is 0 Å². The molecule has 0 saturated carbocycles. The van der Waals surface area contributed by atoms with Crippen molar-refractivity contribution in [1.29, 1.82) is 0 Å². The quantitative estimate of drug-likeness (QED) is 0.692. The lowest BCUT2D eigenvalue weighted by atomic mass is 10.0. The van der Waals surface area contributed by atoms with Gasteiger partial charge in [0.15, 0.2) is 5.69 Å². The summed E-state index contributed by atoms with van der Waals surface area (Å²) in [5.41, 5.74) is 0.0480. The van der Waals surface area contributed by atoms with Gasteiger partial charge < -0.3 is 10.1 Å². The maximum atomic E-state index is 12.0. The van der Waals surface area contributed by atoms with Gasteiger partial charge in [0.2, 0.25) is 10.0 Å². The number of sulfonamides is 1. The van der Waals surface area contributed by atoms with Crippen molar-refractivity contribution in [3.05, 3.63) is 11.4 Å². The third kappa shape index (κ3) is 3.00. The number of primary sulfonamides is 1. The molecule has 4 N–H and O–H groups in total. The van der Waals surface area contributed by atoms with E-state index in [1.165, 1.54) is 6.92 Å². The topological polar surface area (TPSA) is 127 Å². The van der Waals surface area contributed by atoms with Crippen LogP contribution in [0.25, 0.3) is 0 Å². The summed E-state index contributed by atoms with van der Waals surface area (Å²) >= 11 is 0. The van der Waals surface area contributed by atoms with Crippen molar-refractivity contribution in [3.8, 4) is 0 Å². The molecule has 0 bridgehead atoms. The molecule has 2 rings (SSSR count). The summed E-state index contributed by atoms with van der Waals surface area (Å²) in [5, 5.41) is 14.0. The third-order valence-corrected chi connectivity index (χ3v) is 4.52. The van der Waals surface area contributed by atoms with Gasteiger partial charge in [0.05, 0.1) is 11.8 Å². The SMILES string of the molecule is Cc1[nH]nc(C(=O)NCC2CCOC2C)c1S(N)(=O)=O. The highest BCUT2D eigenvalue weighted by Gasteiger charge is 2.28. The molecular weight excluding hydrogens is 284 g/mol. The van der Waals surface area contributed by atoms with Crippen LogP contribution in [0, 0.1) is 12.8 Å². The van der Waals surface area contributed by atoms with Gasteiger partial charge in [0, 0.05) is 19.1 Å². The number of amides is 1. The first-order chi connectivity index (χ1) is 9.30. The molecule has 0 aromatic carbocycles. The van der Waals surface area contributed by atoms with Crippen LogP contribution in [-0.4, -0.2) is 43.8 Å². The third-order valence-electron chi connectivity index (χ3n) is 3.45. The molecule has 2 unspecified atom stereocenters. The highest BCUT2D eigenvalue weighted by molar-refractivity contribution is 7.89. The fourth-order valence-electron chi connectivity index (χ4n) is 2.27. The Kier molecular flexibility index (Phi) is 4.11. The van der Waals surface area contributed by atoms with Crippen LogP contribution in [-0.2, 0) is 14.8 Å². The van der Waals surface area contributed by atoms with E-state index in [0.29, 0.717) is 13.2 Å². The van der Waals surface area contributed by atoms with Gasteiger partial charge in [-0.05, 0) is 20.3 Å². The largest absolute Gasteiger partial charge is 0.378 e. The molecule has 2 heterocycles. The zero-order valence-corrected chi connectivity index (χ0v) is 12.2. The van der Waals surface area contributed by atoms with E-state index in [0.717, 1.165) is 6.42 Å². The molecule has 1 aliphatic rings. The molecule has 2 atom stereocenters. The number of H-pyrrole nitrogens is 1. The molecule has 1 amide bonds. The Balaban J connectivity index is 2.10. The van der Waals surface area contributed by atoms with Gasteiger partial charge in [0.1, 0.15) is 4.90 Å². The average Bonchev–Trinajstić information content (AvgIpc) is 2.91. The molecule has 1 aliphatic heterocycles. The van der Waals surface area contributed by atoms with Crippen LogP contribution in [0.2, 0.25) is 0 Å². The van der Waals surface area contributed by atoms with Crippen molar-refractivity contribution >= 4 is 15.9 Å². The number of aromatic nitrogens is 2. The monoisotopic (exact) mass is 302 g/mol. The Morgan fingerprint density at radius 1 is 1.60 bits per heavy atom. The van der Waals surface area contributed by atoms with Gasteiger partial charge in [0.25, 0.3) is 5.91 Å². The summed E-state index contributed by atoms with van der Waals surface area (Å²) in [4.78, 5) is 11.8. The smallest absolute Gasteiger partial charge is 0.273 e. The number of ether oxygens (including phenoxy) is 1. The van der Waals surface area contributed by atoms with E-state index in [4.69, 9.17) is 9.88 Å². The predicted octanol–water partition coefficient (Wildman–Crippen LogP) is -0.480. The van der Waals surface area contributed by atoms with Crippen molar-refractivity contribution < 1.29 is 17.9 Å². The lowest BCUT2D eigenvalue weighted by Crippen LogP contribution is -2.33. The van der Waals surface area contributed by atoms with E-state index in [2.05, 4.69) is 15.5 Å². The summed E-state index contributed by atoms with van der Waals surface area (Å²) in [6.07, 6.45) is 0.942. The van der Waals surface area contributed by atoms with Crippen molar-refractivity contribution in [2.45, 2.75) is 31.3 Å². The Morgan fingerprint density at radius 2 is 2.30 bits per heavy atom. The Morgan fingerprint density at radius 3 is 2.85 bits per heavy atom. The normalized spacial score (nSPS) is 22.9. The number of carbonyl (C=O) groups excluding carboxylic acids is 1. The molecule has 1 aromatic rings. The second kappa shape index (κ2) is 5.51. The number of carbonyl (C=O) groups is 1. The minimum atomic E-state index is -3.99. The zero-order chi connectivity index (χ0) is 14.9. The number of aryl methyl sites for hydroxylation is 1. The first-order valence-corrected chi connectivity index (χ1v) is 7.83. The fourth-order valence-corrected chi connectivity index (χ4v) is 3.15. The van der Waals surface area contributed by atoms with Gasteiger partial charge in [-0.1, -0.05) is 0 Å². The number of hydrogen-bond acceptors (Lipinski definition) is 5. The van der Waals surface area contributed by atoms with Crippen LogP contribution in [0.1, 0.15) is 29.5 Å². The van der Waals surface area contributed by atoms with Crippen LogP contribution >= 0.6 is 0 Å². The van der Waals surface area contributed by atoms with Crippen LogP contribution in [0.3, 0.4) is 0 Å². The summed E-state index contributed by atoms with van der Waals surface area (Å²) in [6.45, 7) is 4.52. The van der Waals surface area contributed by atoms with Crippen LogP contribution < -0.4 is 10.5 Å². The van der Waals surface area contributed by atoms with Gasteiger partial charge in [-0.2, -0.15) is 5.10 Å². The molecule has 0 spiro atoms. The molecule has 9 heteroatoms. The fraction of sp³-hybridized carbons (Fsp3) is 0.636. The minimum absolute atomic E-state index is 0.0777. The lowest BCUT2D eigenvalue weighted by molar-refractivity contribution is 0.0900. The van der Waals surface area contributed by atoms with Gasteiger partial charge in [-0.3, -0.25) is 9.89 Å². The van der Waals surface area contributed by atoms with Crippen LogP contribution in [0.15, 0.2) is 4.90 Å². The highest BCUT2D eigenvalue weighted by Crippen LogP contribution is 2.20. The Labute approximate surface area is 117 Å². The summed E-state index contributed by atoms with van der Waals surface area (Å²) in [5.74, 6) is -0.339. The molecule has 1 aromatic heterocycles. The molecule has 1 fully saturated rings. The van der Waals surface area contributed by atoms with E-state index in [1.807, 2.05) is 6.92 Å². The van der Waals surface area contributed by atoms with Crippen molar-refractivity contribution in [1.82, 2.24) is 15.5 Å². The number of hydrogen-bond donors (Lipinski definition) is 3.